The smallest absolute Gasteiger partial charge is 0.183 e. The number of aldehydes is 1. The van der Waals surface area contributed by atoms with Crippen LogP contribution in [0.2, 0.25) is 5.82 Å². The van der Waals surface area contributed by atoms with Crippen molar-refractivity contribution in [3.63, 3.8) is 0 Å². The molecule has 17 heavy (non-hydrogen) atoms. The van der Waals surface area contributed by atoms with E-state index in [-0.39, 0.29) is 0 Å². The molecule has 0 spiro atoms. The molecule has 1 nitrogen and oxygen atoms in total. The third-order valence-corrected chi connectivity index (χ3v) is 5.15. The summed E-state index contributed by atoms with van der Waals surface area (Å²) in [6.45, 7) is 0.748. The molecule has 1 aliphatic carbocycles. The molecule has 0 atom stereocenters. The number of fused-ring (bicyclic) bond motifs is 1. The van der Waals surface area contributed by atoms with Crippen LogP contribution in [0, 0.1) is 0 Å². The molecule has 0 unspecified atom stereocenters. The molecule has 0 radical (unpaired) electrons. The summed E-state index contributed by atoms with van der Waals surface area (Å²) in [4.78, 5) is 12.3. The van der Waals surface area contributed by atoms with Gasteiger partial charge in [0.25, 0.3) is 0 Å². The van der Waals surface area contributed by atoms with Crippen LogP contribution in [0.4, 0.5) is 0 Å². The summed E-state index contributed by atoms with van der Waals surface area (Å²) in [5, 5.41) is 0. The van der Waals surface area contributed by atoms with Gasteiger partial charge in [0.2, 0.25) is 0 Å². The first kappa shape index (κ1) is 11.4. The average Bonchev–Trinajstić information content (AvgIpc) is 2.83. The summed E-state index contributed by atoms with van der Waals surface area (Å²) >= 11 is 1.74. The van der Waals surface area contributed by atoms with Gasteiger partial charge in [0.05, 0.1) is 0 Å². The van der Waals surface area contributed by atoms with Gasteiger partial charge >= 0.3 is 0 Å². The Hall–Kier alpha value is -0.695. The predicted molar refractivity (Wildman–Crippen MR) is 74.9 cm³/mol. The Labute approximate surface area is 107 Å². The number of thioether (sulfide) groups is 1. The molecule has 1 saturated carbocycles. The lowest BCUT2D eigenvalue weighted by molar-refractivity contribution is 0.112. The zero-order chi connectivity index (χ0) is 11.8. The fraction of sp³-hybridized carbons (Fsp3) is 0.500. The Kier molecular flexibility index (Phi) is 3.03. The Morgan fingerprint density at radius 3 is 2.76 bits per heavy atom. The first-order valence-corrected chi connectivity index (χ1v) is 7.72. The molecule has 88 valence electrons. The molecule has 1 aromatic rings. The summed E-state index contributed by atoms with van der Waals surface area (Å²) in [5.74, 6) is 0.888. The molecular formula is C14H17BOS. The summed E-state index contributed by atoms with van der Waals surface area (Å²) < 4.78 is 0. The van der Waals surface area contributed by atoms with Crippen LogP contribution in [0.1, 0.15) is 41.6 Å². The second-order valence-corrected chi connectivity index (χ2v) is 6.14. The van der Waals surface area contributed by atoms with Crippen LogP contribution < -0.4 is 5.46 Å². The molecular weight excluding hydrogens is 227 g/mol. The summed E-state index contributed by atoms with van der Waals surface area (Å²) in [6, 6.07) is 4.36. The number of hydrogen-bond acceptors (Lipinski definition) is 2. The quantitative estimate of drug-likeness (QED) is 0.462. The van der Waals surface area contributed by atoms with Crippen molar-refractivity contribution in [2.45, 2.75) is 42.7 Å². The predicted octanol–water partition coefficient (Wildman–Crippen LogP) is 2.96. The molecule has 0 amide bonds. The van der Waals surface area contributed by atoms with Crippen molar-refractivity contribution in [3.05, 3.63) is 23.3 Å². The average molecular weight is 244 g/mol. The van der Waals surface area contributed by atoms with E-state index in [9.17, 15) is 4.79 Å². The van der Waals surface area contributed by atoms with E-state index in [2.05, 4.69) is 12.3 Å². The molecule has 1 aliphatic heterocycles. The van der Waals surface area contributed by atoms with E-state index in [1.54, 1.807) is 11.8 Å². The third kappa shape index (κ3) is 1.85. The van der Waals surface area contributed by atoms with E-state index >= 15 is 0 Å². The van der Waals surface area contributed by atoms with Gasteiger partial charge in [0.15, 0.2) is 6.71 Å². The number of benzene rings is 1. The lowest BCUT2D eigenvalue weighted by atomic mass is 9.26. The molecule has 1 aromatic carbocycles. The van der Waals surface area contributed by atoms with E-state index in [1.165, 1.54) is 41.6 Å². The van der Waals surface area contributed by atoms with Crippen molar-refractivity contribution in [1.82, 2.24) is 0 Å². The van der Waals surface area contributed by atoms with Crippen LogP contribution >= 0.6 is 11.8 Å². The fourth-order valence-corrected chi connectivity index (χ4v) is 3.95. The monoisotopic (exact) mass is 244 g/mol. The highest BCUT2D eigenvalue weighted by Crippen LogP contribution is 2.38. The van der Waals surface area contributed by atoms with Crippen LogP contribution in [0.3, 0.4) is 0 Å². The first-order valence-electron chi connectivity index (χ1n) is 6.49. The number of rotatable bonds is 3. The van der Waals surface area contributed by atoms with Gasteiger partial charge in [0, 0.05) is 10.5 Å². The van der Waals surface area contributed by atoms with E-state index < -0.39 is 0 Å². The van der Waals surface area contributed by atoms with Gasteiger partial charge in [-0.05, 0) is 24.2 Å². The van der Waals surface area contributed by atoms with E-state index in [0.717, 1.165) is 30.7 Å². The zero-order valence-electron chi connectivity index (χ0n) is 10.2. The Morgan fingerprint density at radius 1 is 1.35 bits per heavy atom. The Bertz CT molecular complexity index is 452. The highest BCUT2D eigenvalue weighted by atomic mass is 32.2. The van der Waals surface area contributed by atoms with Crippen molar-refractivity contribution < 1.29 is 4.79 Å². The van der Waals surface area contributed by atoms with Gasteiger partial charge in [-0.2, -0.15) is 0 Å². The summed E-state index contributed by atoms with van der Waals surface area (Å²) in [5.41, 5.74) is 3.74. The summed E-state index contributed by atoms with van der Waals surface area (Å²) in [6.07, 6.45) is 9.85. The minimum absolute atomic E-state index is 0.748. The largest absolute Gasteiger partial charge is 0.298 e. The molecule has 1 heterocycles. The van der Waals surface area contributed by atoms with Gasteiger partial charge in [0.1, 0.15) is 6.29 Å². The fourth-order valence-electron chi connectivity index (χ4n) is 3.46. The minimum Gasteiger partial charge on any atom is -0.298 e. The van der Waals surface area contributed by atoms with E-state index in [0.29, 0.717) is 0 Å². The number of carbonyl (C=O) groups is 1. The molecule has 2 aliphatic rings. The molecule has 0 N–H and O–H groups in total. The van der Waals surface area contributed by atoms with Gasteiger partial charge in [-0.3, -0.25) is 4.79 Å². The zero-order valence-corrected chi connectivity index (χ0v) is 11.1. The normalized spacial score (nSPS) is 19.0. The van der Waals surface area contributed by atoms with Gasteiger partial charge in [-0.1, -0.05) is 43.0 Å². The number of hydrogen-bond donors (Lipinski definition) is 0. The van der Waals surface area contributed by atoms with Gasteiger partial charge in [-0.25, -0.2) is 0 Å². The number of carbonyl (C=O) groups excluding carboxylic acids is 1. The van der Waals surface area contributed by atoms with Crippen LogP contribution in [0.15, 0.2) is 17.0 Å². The van der Waals surface area contributed by atoms with Crippen LogP contribution in [-0.4, -0.2) is 19.3 Å². The molecule has 1 fully saturated rings. The minimum atomic E-state index is 0.748. The summed E-state index contributed by atoms with van der Waals surface area (Å²) in [7, 11) is 0. The first-order chi connectivity index (χ1) is 8.33. The van der Waals surface area contributed by atoms with E-state index in [1.807, 2.05) is 6.07 Å². The second kappa shape index (κ2) is 4.53. The molecule has 3 heteroatoms. The second-order valence-electron chi connectivity index (χ2n) is 5.26. The van der Waals surface area contributed by atoms with Crippen LogP contribution in [0.25, 0.3) is 0 Å². The van der Waals surface area contributed by atoms with Gasteiger partial charge in [-0.15, -0.1) is 11.8 Å². The molecule has 3 rings (SSSR count). The van der Waals surface area contributed by atoms with Crippen LogP contribution in [0.5, 0.6) is 0 Å². The lowest BCUT2D eigenvalue weighted by Crippen LogP contribution is -2.49. The van der Waals surface area contributed by atoms with Crippen molar-refractivity contribution >= 4 is 30.2 Å². The van der Waals surface area contributed by atoms with Gasteiger partial charge < -0.3 is 0 Å². The maximum atomic E-state index is 11.1. The highest BCUT2D eigenvalue weighted by molar-refractivity contribution is 7.98. The maximum absolute atomic E-state index is 11.1. The third-order valence-electron chi connectivity index (χ3n) is 4.45. The highest BCUT2D eigenvalue weighted by Gasteiger charge is 2.39. The molecule has 0 aromatic heterocycles. The van der Waals surface area contributed by atoms with Crippen molar-refractivity contribution in [2.24, 2.45) is 0 Å². The molecule has 0 bridgehead atoms. The van der Waals surface area contributed by atoms with Crippen molar-refractivity contribution in [3.8, 4) is 0 Å². The Balaban J connectivity index is 1.94. The maximum Gasteiger partial charge on any atom is 0.183 e. The van der Waals surface area contributed by atoms with Crippen molar-refractivity contribution in [1.29, 1.82) is 0 Å². The van der Waals surface area contributed by atoms with Crippen LogP contribution in [-0.2, 0) is 6.32 Å². The standard InChI is InChI=1S/C14H17BOS/c1-17-12-6-10(9-16)13-8-15(14(13)7-12)11-4-2-3-5-11/h6-7,9,11H,2-5,8H2,1H3. The molecule has 0 saturated heterocycles. The van der Waals surface area contributed by atoms with E-state index in [4.69, 9.17) is 0 Å². The topological polar surface area (TPSA) is 17.1 Å². The SMILES string of the molecule is CSc1cc(C=O)c2c(c1)B(C1CCCC1)C2. The Morgan fingerprint density at radius 2 is 2.12 bits per heavy atom. The van der Waals surface area contributed by atoms with Crippen molar-refractivity contribution in [2.75, 3.05) is 6.26 Å². The lowest BCUT2D eigenvalue weighted by Gasteiger charge is -2.33.